The van der Waals surface area contributed by atoms with Crippen molar-refractivity contribution in [2.75, 3.05) is 6.54 Å². The summed E-state index contributed by atoms with van der Waals surface area (Å²) in [6.45, 7) is 1.66. The molecule has 0 bridgehead atoms. The molecule has 0 radical (unpaired) electrons. The van der Waals surface area contributed by atoms with Crippen molar-refractivity contribution in [3.05, 3.63) is 36.4 Å². The van der Waals surface area contributed by atoms with Crippen LogP contribution in [0, 0.1) is 0 Å². The molecule has 4 atom stereocenters. The molecular weight excluding hydrogens is 432 g/mol. The van der Waals surface area contributed by atoms with Crippen molar-refractivity contribution in [1.82, 2.24) is 35.5 Å². The van der Waals surface area contributed by atoms with Crippen LogP contribution in [0.5, 0.6) is 0 Å². The predicted octanol–water partition coefficient (Wildman–Crippen LogP) is -1.69. The van der Waals surface area contributed by atoms with Gasteiger partial charge in [-0.25, -0.2) is 9.97 Å². The number of carbonyl (C=O) groups excluding carboxylic acids is 3. The monoisotopic (exact) mass is 460 g/mol. The Morgan fingerprint density at radius 1 is 1.15 bits per heavy atom. The molecule has 0 aromatic carbocycles. The maximum absolute atomic E-state index is 13.4. The number of carboxylic acid groups (broad SMARTS) is 1. The highest BCUT2D eigenvalue weighted by atomic mass is 16.4. The van der Waals surface area contributed by atoms with Gasteiger partial charge in [0.15, 0.2) is 0 Å². The van der Waals surface area contributed by atoms with E-state index in [0.29, 0.717) is 30.8 Å². The van der Waals surface area contributed by atoms with E-state index in [4.69, 9.17) is 10.8 Å². The Hall–Kier alpha value is -3.74. The average molecular weight is 460 g/mol. The van der Waals surface area contributed by atoms with E-state index in [2.05, 4.69) is 30.6 Å². The minimum Gasteiger partial charge on any atom is -0.480 e. The molecule has 3 rings (SSSR count). The van der Waals surface area contributed by atoms with Gasteiger partial charge in [0.05, 0.1) is 18.7 Å². The van der Waals surface area contributed by atoms with Gasteiger partial charge in [-0.15, -0.1) is 0 Å². The molecule has 2 aromatic heterocycles. The molecule has 0 spiro atoms. The minimum atomic E-state index is -1.17. The van der Waals surface area contributed by atoms with Gasteiger partial charge in [-0.3, -0.25) is 19.2 Å². The number of nitrogens with zero attached hydrogens (tertiary/aromatic N) is 3. The lowest BCUT2D eigenvalue weighted by molar-refractivity contribution is -0.144. The molecule has 13 nitrogen and oxygen atoms in total. The van der Waals surface area contributed by atoms with Crippen molar-refractivity contribution in [3.63, 3.8) is 0 Å². The molecule has 178 valence electrons. The fourth-order valence-corrected chi connectivity index (χ4v) is 3.70. The molecule has 1 saturated heterocycles. The number of carbonyl (C=O) groups is 4. The number of carboxylic acids is 1. The molecular formula is C20H28N8O5. The molecule has 13 heteroatoms. The third-order valence-electron chi connectivity index (χ3n) is 5.49. The number of aromatic nitrogens is 4. The number of nitrogens with two attached hydrogens (primary N) is 1. The Kier molecular flexibility index (Phi) is 7.77. The van der Waals surface area contributed by atoms with Crippen molar-refractivity contribution < 1.29 is 24.3 Å². The van der Waals surface area contributed by atoms with Crippen LogP contribution in [0.4, 0.5) is 0 Å². The topological polar surface area (TPSA) is 199 Å². The standard InChI is InChI=1S/C20H28N8O5/c1-11(20(32)33)26-18(30)16-3-2-4-28(16)19(31)15(6-13-8-23-10-25-13)27-17(29)14(21)5-12-7-22-9-24-12/h7-11,14-16H,2-6,21H2,1H3,(H,22,24)(H,23,25)(H,26,30)(H,27,29)(H,32,33). The lowest BCUT2D eigenvalue weighted by Crippen LogP contribution is -2.57. The Balaban J connectivity index is 1.72. The summed E-state index contributed by atoms with van der Waals surface area (Å²) >= 11 is 0. The van der Waals surface area contributed by atoms with E-state index in [-0.39, 0.29) is 12.8 Å². The number of H-pyrrole nitrogens is 2. The normalized spacial score (nSPS) is 18.4. The van der Waals surface area contributed by atoms with Crippen molar-refractivity contribution in [1.29, 1.82) is 0 Å². The molecule has 4 unspecified atom stereocenters. The number of hydrogen-bond donors (Lipinski definition) is 6. The fourth-order valence-electron chi connectivity index (χ4n) is 3.70. The maximum Gasteiger partial charge on any atom is 0.325 e. The second-order valence-electron chi connectivity index (χ2n) is 7.99. The first kappa shape index (κ1) is 23.9. The summed E-state index contributed by atoms with van der Waals surface area (Å²) in [4.78, 5) is 64.8. The van der Waals surface area contributed by atoms with Gasteiger partial charge in [0, 0.05) is 43.2 Å². The van der Waals surface area contributed by atoms with Crippen LogP contribution in [0.3, 0.4) is 0 Å². The van der Waals surface area contributed by atoms with Crippen LogP contribution < -0.4 is 16.4 Å². The van der Waals surface area contributed by atoms with Crippen molar-refractivity contribution in [3.8, 4) is 0 Å². The molecule has 0 saturated carbocycles. The largest absolute Gasteiger partial charge is 0.480 e. The third-order valence-corrected chi connectivity index (χ3v) is 5.49. The Labute approximate surface area is 189 Å². The van der Waals surface area contributed by atoms with Gasteiger partial charge in [0.2, 0.25) is 17.7 Å². The average Bonchev–Trinajstić information content (AvgIpc) is 3.54. The number of hydrogen-bond acceptors (Lipinski definition) is 7. The quantitative estimate of drug-likeness (QED) is 0.241. The van der Waals surface area contributed by atoms with Crippen LogP contribution in [-0.2, 0) is 32.0 Å². The fraction of sp³-hybridized carbons (Fsp3) is 0.500. The summed E-state index contributed by atoms with van der Waals surface area (Å²) in [5.74, 6) is -2.69. The predicted molar refractivity (Wildman–Crippen MR) is 114 cm³/mol. The van der Waals surface area contributed by atoms with Gasteiger partial charge in [-0.2, -0.15) is 0 Å². The Bertz CT molecular complexity index is 961. The van der Waals surface area contributed by atoms with Gasteiger partial charge in [-0.1, -0.05) is 0 Å². The van der Waals surface area contributed by atoms with Gasteiger partial charge in [0.25, 0.3) is 0 Å². The zero-order valence-corrected chi connectivity index (χ0v) is 18.2. The van der Waals surface area contributed by atoms with Crippen LogP contribution in [0.1, 0.15) is 31.2 Å². The van der Waals surface area contributed by atoms with E-state index in [9.17, 15) is 19.2 Å². The summed E-state index contributed by atoms with van der Waals surface area (Å²) in [6, 6.07) is -3.82. The SMILES string of the molecule is CC(NC(=O)C1CCCN1C(=O)C(Cc1cnc[nH]1)NC(=O)C(N)Cc1cnc[nH]1)C(=O)O. The lowest BCUT2D eigenvalue weighted by atomic mass is 10.1. The zero-order chi connectivity index (χ0) is 24.0. The van der Waals surface area contributed by atoms with E-state index in [0.717, 1.165) is 0 Å². The molecule has 3 heterocycles. The molecule has 3 amide bonds. The number of aromatic amines is 2. The third kappa shape index (κ3) is 6.16. The number of imidazole rings is 2. The highest BCUT2D eigenvalue weighted by Crippen LogP contribution is 2.20. The molecule has 1 aliphatic heterocycles. The number of likely N-dealkylation sites (tertiary alicyclic amines) is 1. The summed E-state index contributed by atoms with van der Waals surface area (Å²) in [7, 11) is 0. The second-order valence-corrected chi connectivity index (χ2v) is 7.99. The van der Waals surface area contributed by atoms with Crippen LogP contribution in [0.2, 0.25) is 0 Å². The van der Waals surface area contributed by atoms with Crippen LogP contribution >= 0.6 is 0 Å². The van der Waals surface area contributed by atoms with E-state index < -0.39 is 47.9 Å². The molecule has 0 aliphatic carbocycles. The lowest BCUT2D eigenvalue weighted by Gasteiger charge is -2.29. The number of aliphatic carboxylic acids is 1. The van der Waals surface area contributed by atoms with Crippen LogP contribution in [-0.4, -0.2) is 84.3 Å². The molecule has 7 N–H and O–H groups in total. The second kappa shape index (κ2) is 10.7. The number of amides is 3. The number of rotatable bonds is 10. The summed E-state index contributed by atoms with van der Waals surface area (Å²) < 4.78 is 0. The highest BCUT2D eigenvalue weighted by molar-refractivity contribution is 5.94. The zero-order valence-electron chi connectivity index (χ0n) is 18.2. The first-order chi connectivity index (χ1) is 15.8. The first-order valence-electron chi connectivity index (χ1n) is 10.6. The van der Waals surface area contributed by atoms with E-state index >= 15 is 0 Å². The van der Waals surface area contributed by atoms with E-state index in [1.54, 1.807) is 12.4 Å². The smallest absolute Gasteiger partial charge is 0.325 e. The molecule has 1 fully saturated rings. The highest BCUT2D eigenvalue weighted by Gasteiger charge is 2.38. The van der Waals surface area contributed by atoms with Crippen LogP contribution in [0.15, 0.2) is 25.0 Å². The Morgan fingerprint density at radius 3 is 2.36 bits per heavy atom. The van der Waals surface area contributed by atoms with E-state index in [1.165, 1.54) is 24.5 Å². The molecule has 1 aliphatic rings. The van der Waals surface area contributed by atoms with Crippen LogP contribution in [0.25, 0.3) is 0 Å². The summed E-state index contributed by atoms with van der Waals surface area (Å²) in [5.41, 5.74) is 7.32. The minimum absolute atomic E-state index is 0.123. The first-order valence-corrected chi connectivity index (χ1v) is 10.6. The van der Waals surface area contributed by atoms with Gasteiger partial charge < -0.3 is 36.3 Å². The van der Waals surface area contributed by atoms with Gasteiger partial charge in [-0.05, 0) is 19.8 Å². The molecule has 33 heavy (non-hydrogen) atoms. The molecule has 2 aromatic rings. The van der Waals surface area contributed by atoms with Crippen molar-refractivity contribution in [2.45, 2.75) is 56.8 Å². The van der Waals surface area contributed by atoms with Gasteiger partial charge in [0.1, 0.15) is 18.1 Å². The summed E-state index contributed by atoms with van der Waals surface area (Å²) in [5, 5.41) is 14.2. The van der Waals surface area contributed by atoms with E-state index in [1.807, 2.05) is 0 Å². The maximum atomic E-state index is 13.4. The summed E-state index contributed by atoms with van der Waals surface area (Å²) in [6.07, 6.45) is 7.35. The van der Waals surface area contributed by atoms with Gasteiger partial charge >= 0.3 is 5.97 Å². The number of nitrogens with one attached hydrogen (secondary N) is 4. The van der Waals surface area contributed by atoms with Crippen molar-refractivity contribution >= 4 is 23.7 Å². The van der Waals surface area contributed by atoms with Crippen molar-refractivity contribution in [2.24, 2.45) is 5.73 Å². The Morgan fingerprint density at radius 2 is 1.79 bits per heavy atom.